The highest BCUT2D eigenvalue weighted by molar-refractivity contribution is 7.92. The third-order valence-corrected chi connectivity index (χ3v) is 5.74. The van der Waals surface area contributed by atoms with Crippen LogP contribution >= 0.6 is 11.6 Å². The molecular weight excluding hydrogens is 384 g/mol. The monoisotopic (exact) mass is 408 g/mol. The second-order valence-corrected chi connectivity index (χ2v) is 8.84. The zero-order valence-electron chi connectivity index (χ0n) is 15.8. The topological polar surface area (TPSA) is 66.5 Å². The van der Waals surface area contributed by atoms with Crippen LogP contribution in [0.4, 0.5) is 5.69 Å². The van der Waals surface area contributed by atoms with E-state index in [1.54, 1.807) is 32.0 Å². The number of hydrogen-bond acceptors (Lipinski definition) is 3. The summed E-state index contributed by atoms with van der Waals surface area (Å²) in [4.78, 5) is 12.6. The maximum absolute atomic E-state index is 12.6. The summed E-state index contributed by atoms with van der Waals surface area (Å²) in [6.45, 7) is 3.84. The van der Waals surface area contributed by atoms with Crippen molar-refractivity contribution >= 4 is 33.2 Å². The Hall–Kier alpha value is -2.05. The van der Waals surface area contributed by atoms with Gasteiger partial charge in [0.15, 0.2) is 0 Å². The fourth-order valence-corrected chi connectivity index (χ4v) is 4.29. The van der Waals surface area contributed by atoms with Gasteiger partial charge in [-0.05, 0) is 49.9 Å². The molecule has 2 rings (SSSR count). The van der Waals surface area contributed by atoms with E-state index in [1.807, 2.05) is 30.3 Å². The lowest BCUT2D eigenvalue weighted by molar-refractivity contribution is -0.121. The number of halogens is 1. The minimum absolute atomic E-state index is 0.340. The van der Waals surface area contributed by atoms with Gasteiger partial charge in [-0.15, -0.1) is 0 Å². The number of amides is 1. The molecule has 0 bridgehead atoms. The number of aryl methyl sites for hydroxylation is 2. The lowest BCUT2D eigenvalue weighted by Gasteiger charge is -2.29. The van der Waals surface area contributed by atoms with Crippen LogP contribution in [0.3, 0.4) is 0 Å². The Labute approximate surface area is 166 Å². The molecule has 0 aliphatic carbocycles. The smallest absolute Gasteiger partial charge is 0.243 e. The zero-order chi connectivity index (χ0) is 20.0. The van der Waals surface area contributed by atoms with Crippen molar-refractivity contribution in [3.8, 4) is 0 Å². The van der Waals surface area contributed by atoms with E-state index in [2.05, 4.69) is 5.32 Å². The Morgan fingerprint density at radius 3 is 2.48 bits per heavy atom. The van der Waals surface area contributed by atoms with Crippen molar-refractivity contribution in [2.45, 2.75) is 32.7 Å². The number of carbonyl (C=O) groups is 1. The van der Waals surface area contributed by atoms with Gasteiger partial charge in [0, 0.05) is 11.6 Å². The largest absolute Gasteiger partial charge is 0.354 e. The van der Waals surface area contributed by atoms with Crippen LogP contribution in [0.5, 0.6) is 0 Å². The number of nitrogens with zero attached hydrogens (tertiary/aromatic N) is 1. The summed E-state index contributed by atoms with van der Waals surface area (Å²) in [5.74, 6) is -0.340. The molecule has 0 unspecified atom stereocenters. The van der Waals surface area contributed by atoms with Crippen LogP contribution in [0, 0.1) is 6.92 Å². The SMILES string of the molecule is Cc1ccc(Cl)cc1N([C@@H](C)C(=O)NCCCc1ccccc1)S(C)(=O)=O. The molecule has 7 heteroatoms. The van der Waals surface area contributed by atoms with Gasteiger partial charge in [0.1, 0.15) is 6.04 Å². The summed E-state index contributed by atoms with van der Waals surface area (Å²) < 4.78 is 25.8. The first-order valence-corrected chi connectivity index (χ1v) is 11.0. The molecular formula is C20H25ClN2O3S. The molecule has 0 aromatic heterocycles. The summed E-state index contributed by atoms with van der Waals surface area (Å²) >= 11 is 6.03. The van der Waals surface area contributed by atoms with Gasteiger partial charge in [0.25, 0.3) is 0 Å². The second-order valence-electron chi connectivity index (χ2n) is 6.55. The number of rotatable bonds is 8. The van der Waals surface area contributed by atoms with Crippen LogP contribution < -0.4 is 9.62 Å². The normalized spacial score (nSPS) is 12.4. The van der Waals surface area contributed by atoms with E-state index in [4.69, 9.17) is 11.6 Å². The molecule has 0 fully saturated rings. The quantitative estimate of drug-likeness (QED) is 0.679. The van der Waals surface area contributed by atoms with Gasteiger partial charge in [0.05, 0.1) is 11.9 Å². The molecule has 5 nitrogen and oxygen atoms in total. The number of carbonyl (C=O) groups excluding carboxylic acids is 1. The van der Waals surface area contributed by atoms with Gasteiger partial charge >= 0.3 is 0 Å². The first kappa shape index (κ1) is 21.3. The molecule has 27 heavy (non-hydrogen) atoms. The van der Waals surface area contributed by atoms with Crippen LogP contribution in [-0.2, 0) is 21.2 Å². The van der Waals surface area contributed by atoms with Crippen molar-refractivity contribution < 1.29 is 13.2 Å². The lowest BCUT2D eigenvalue weighted by atomic mass is 10.1. The average molecular weight is 409 g/mol. The molecule has 0 radical (unpaired) electrons. The second kappa shape index (κ2) is 9.24. The molecule has 1 amide bonds. The third kappa shape index (κ3) is 5.97. The predicted molar refractivity (Wildman–Crippen MR) is 111 cm³/mol. The molecule has 2 aromatic carbocycles. The van der Waals surface area contributed by atoms with Crippen molar-refractivity contribution in [2.75, 3.05) is 17.1 Å². The number of sulfonamides is 1. The fourth-order valence-electron chi connectivity index (χ4n) is 2.90. The van der Waals surface area contributed by atoms with Gasteiger partial charge in [-0.2, -0.15) is 0 Å². The van der Waals surface area contributed by atoms with Crippen molar-refractivity contribution in [3.05, 3.63) is 64.7 Å². The molecule has 0 saturated carbocycles. The van der Waals surface area contributed by atoms with Crippen molar-refractivity contribution in [3.63, 3.8) is 0 Å². The highest BCUT2D eigenvalue weighted by Gasteiger charge is 2.30. The molecule has 1 atom stereocenters. The summed E-state index contributed by atoms with van der Waals surface area (Å²) in [5, 5.41) is 3.25. The number of anilines is 1. The van der Waals surface area contributed by atoms with Crippen LogP contribution in [0.15, 0.2) is 48.5 Å². The summed E-state index contributed by atoms with van der Waals surface area (Å²) in [6, 6.07) is 14.1. The number of benzene rings is 2. The summed E-state index contributed by atoms with van der Waals surface area (Å²) in [7, 11) is -3.66. The molecule has 0 aliphatic heterocycles. The standard InChI is InChI=1S/C20H25ClN2O3S/c1-15-11-12-18(21)14-19(15)23(27(3,25)26)16(2)20(24)22-13-7-10-17-8-5-4-6-9-17/h4-6,8-9,11-12,14,16H,7,10,13H2,1-3H3,(H,22,24)/t16-/m0/s1. The van der Waals surface area contributed by atoms with Crippen molar-refractivity contribution in [1.29, 1.82) is 0 Å². The minimum atomic E-state index is -3.66. The highest BCUT2D eigenvalue weighted by Crippen LogP contribution is 2.28. The minimum Gasteiger partial charge on any atom is -0.354 e. The Balaban J connectivity index is 2.05. The summed E-state index contributed by atoms with van der Waals surface area (Å²) in [6.07, 6.45) is 2.71. The van der Waals surface area contributed by atoms with Gasteiger partial charge in [-0.1, -0.05) is 48.0 Å². The molecule has 1 N–H and O–H groups in total. The van der Waals surface area contributed by atoms with Gasteiger partial charge in [-0.25, -0.2) is 8.42 Å². The van der Waals surface area contributed by atoms with E-state index < -0.39 is 16.1 Å². The Bertz CT molecular complexity index is 885. The fraction of sp³-hybridized carbons (Fsp3) is 0.350. The van der Waals surface area contributed by atoms with Gasteiger partial charge < -0.3 is 5.32 Å². The predicted octanol–water partition coefficient (Wildman–Crippen LogP) is 3.55. The maximum atomic E-state index is 12.6. The number of hydrogen-bond donors (Lipinski definition) is 1. The van der Waals surface area contributed by atoms with E-state index in [-0.39, 0.29) is 5.91 Å². The zero-order valence-corrected chi connectivity index (χ0v) is 17.3. The molecule has 0 spiro atoms. The first-order valence-electron chi connectivity index (χ1n) is 8.77. The van der Waals surface area contributed by atoms with Crippen LogP contribution in [0.1, 0.15) is 24.5 Å². The average Bonchev–Trinajstić information content (AvgIpc) is 2.61. The Morgan fingerprint density at radius 1 is 1.19 bits per heavy atom. The third-order valence-electron chi connectivity index (χ3n) is 4.28. The molecule has 0 saturated heterocycles. The van der Waals surface area contributed by atoms with Crippen LogP contribution in [-0.4, -0.2) is 33.2 Å². The Kier molecular flexibility index (Phi) is 7.27. The molecule has 0 aliphatic rings. The van der Waals surface area contributed by atoms with Crippen LogP contribution in [0.2, 0.25) is 5.02 Å². The van der Waals surface area contributed by atoms with Gasteiger partial charge in [0.2, 0.25) is 15.9 Å². The number of nitrogens with one attached hydrogen (secondary N) is 1. The van der Waals surface area contributed by atoms with E-state index >= 15 is 0 Å². The van der Waals surface area contributed by atoms with Crippen LogP contribution in [0.25, 0.3) is 0 Å². The molecule has 146 valence electrons. The lowest BCUT2D eigenvalue weighted by Crippen LogP contribution is -2.48. The van der Waals surface area contributed by atoms with E-state index in [9.17, 15) is 13.2 Å². The van der Waals surface area contributed by atoms with E-state index in [1.165, 1.54) is 5.56 Å². The molecule has 0 heterocycles. The maximum Gasteiger partial charge on any atom is 0.243 e. The first-order chi connectivity index (χ1) is 12.7. The van der Waals surface area contributed by atoms with Crippen molar-refractivity contribution in [1.82, 2.24) is 5.32 Å². The molecule has 2 aromatic rings. The van der Waals surface area contributed by atoms with E-state index in [0.717, 1.165) is 29.0 Å². The highest BCUT2D eigenvalue weighted by atomic mass is 35.5. The Morgan fingerprint density at radius 2 is 1.85 bits per heavy atom. The van der Waals surface area contributed by atoms with Gasteiger partial charge in [-0.3, -0.25) is 9.10 Å². The van der Waals surface area contributed by atoms with Crippen molar-refractivity contribution in [2.24, 2.45) is 0 Å². The summed E-state index contributed by atoms with van der Waals surface area (Å²) in [5.41, 5.74) is 2.35. The van der Waals surface area contributed by atoms with E-state index in [0.29, 0.717) is 17.3 Å².